The van der Waals surface area contributed by atoms with Crippen molar-refractivity contribution in [3.05, 3.63) is 29.8 Å². The van der Waals surface area contributed by atoms with Gasteiger partial charge >= 0.3 is 0 Å². The van der Waals surface area contributed by atoms with Crippen LogP contribution < -0.4 is 10.0 Å². The molecule has 2 amide bonds. The van der Waals surface area contributed by atoms with E-state index in [-0.39, 0.29) is 46.1 Å². The number of carbonyl (C=O) groups is 2. The summed E-state index contributed by atoms with van der Waals surface area (Å²) in [6, 6.07) is 5.06. The Kier molecular flexibility index (Phi) is 6.30. The zero-order valence-electron chi connectivity index (χ0n) is 16.1. The van der Waals surface area contributed by atoms with Crippen molar-refractivity contribution in [2.75, 3.05) is 31.6 Å². The van der Waals surface area contributed by atoms with Gasteiger partial charge in [0.15, 0.2) is 9.84 Å². The van der Waals surface area contributed by atoms with Crippen LogP contribution in [-0.2, 0) is 24.7 Å². The van der Waals surface area contributed by atoms with Crippen molar-refractivity contribution >= 4 is 31.7 Å². The van der Waals surface area contributed by atoms with Crippen LogP contribution in [0.4, 0.5) is 0 Å². The second-order valence-electron chi connectivity index (χ2n) is 7.43. The summed E-state index contributed by atoms with van der Waals surface area (Å²) in [5, 5.41) is 2.62. The van der Waals surface area contributed by atoms with Gasteiger partial charge in [0.25, 0.3) is 5.91 Å². The standard InChI is InChI=1S/C18H25N3O6S2/c1-19-17(22)13-5-8-21(9-6-13)18(23)14-3-2-4-16(11-14)29(26,27)20-15-7-10-28(24,25)12-15/h2-4,11,13,15,20H,5-10,12H2,1H3,(H,19,22). The fraction of sp³-hybridized carbons (Fsp3) is 0.556. The Balaban J connectivity index is 1.69. The second-order valence-corrected chi connectivity index (χ2v) is 11.4. The molecule has 1 atom stereocenters. The van der Waals surface area contributed by atoms with E-state index in [1.807, 2.05) is 0 Å². The maximum absolute atomic E-state index is 12.8. The zero-order valence-corrected chi connectivity index (χ0v) is 17.8. The van der Waals surface area contributed by atoms with Gasteiger partial charge in [-0.25, -0.2) is 21.6 Å². The van der Waals surface area contributed by atoms with Crippen LogP contribution in [0.2, 0.25) is 0 Å². The molecule has 1 aromatic rings. The number of nitrogens with zero attached hydrogens (tertiary/aromatic N) is 1. The molecule has 2 saturated heterocycles. The topological polar surface area (TPSA) is 130 Å². The van der Waals surface area contributed by atoms with E-state index in [9.17, 15) is 26.4 Å². The molecule has 2 fully saturated rings. The van der Waals surface area contributed by atoms with Gasteiger partial charge in [-0.2, -0.15) is 0 Å². The molecule has 0 radical (unpaired) electrons. The van der Waals surface area contributed by atoms with Crippen molar-refractivity contribution in [2.45, 2.75) is 30.2 Å². The number of hydrogen-bond acceptors (Lipinski definition) is 6. The van der Waals surface area contributed by atoms with E-state index in [0.717, 1.165) is 0 Å². The van der Waals surface area contributed by atoms with Crippen molar-refractivity contribution < 1.29 is 26.4 Å². The first-order valence-electron chi connectivity index (χ1n) is 9.45. The summed E-state index contributed by atoms with van der Waals surface area (Å²) in [7, 11) is -5.57. The molecule has 11 heteroatoms. The summed E-state index contributed by atoms with van der Waals surface area (Å²) in [5.41, 5.74) is 0.241. The lowest BCUT2D eigenvalue weighted by Crippen LogP contribution is -2.42. The molecule has 0 saturated carbocycles. The molecule has 0 bridgehead atoms. The number of rotatable bonds is 5. The van der Waals surface area contributed by atoms with Gasteiger partial charge in [-0.1, -0.05) is 6.07 Å². The molecule has 160 valence electrons. The monoisotopic (exact) mass is 443 g/mol. The molecular formula is C18H25N3O6S2. The first-order chi connectivity index (χ1) is 13.6. The predicted molar refractivity (Wildman–Crippen MR) is 107 cm³/mol. The van der Waals surface area contributed by atoms with Crippen LogP contribution in [0.3, 0.4) is 0 Å². The van der Waals surface area contributed by atoms with E-state index < -0.39 is 25.9 Å². The van der Waals surface area contributed by atoms with E-state index in [4.69, 9.17) is 0 Å². The van der Waals surface area contributed by atoms with Crippen LogP contribution in [0, 0.1) is 5.92 Å². The van der Waals surface area contributed by atoms with E-state index in [2.05, 4.69) is 10.0 Å². The summed E-state index contributed by atoms with van der Waals surface area (Å²) in [5.74, 6) is -0.704. The van der Waals surface area contributed by atoms with E-state index in [1.165, 1.54) is 18.2 Å². The average molecular weight is 444 g/mol. The number of amides is 2. The predicted octanol–water partition coefficient (Wildman–Crippen LogP) is -0.250. The first kappa shape index (κ1) is 21.7. The minimum Gasteiger partial charge on any atom is -0.359 e. The summed E-state index contributed by atoms with van der Waals surface area (Å²) < 4.78 is 50.8. The fourth-order valence-corrected chi connectivity index (χ4v) is 6.80. The Morgan fingerprint density at radius 1 is 1.14 bits per heavy atom. The van der Waals surface area contributed by atoms with Gasteiger partial charge in [-0.3, -0.25) is 9.59 Å². The largest absolute Gasteiger partial charge is 0.359 e. The molecular weight excluding hydrogens is 418 g/mol. The molecule has 0 aliphatic carbocycles. The van der Waals surface area contributed by atoms with Crippen molar-refractivity contribution in [1.29, 1.82) is 0 Å². The highest BCUT2D eigenvalue weighted by Crippen LogP contribution is 2.21. The number of benzene rings is 1. The normalized spacial score (nSPS) is 22.4. The zero-order chi connectivity index (χ0) is 21.2. The molecule has 0 aromatic heterocycles. The molecule has 9 nitrogen and oxygen atoms in total. The van der Waals surface area contributed by atoms with Crippen LogP contribution in [0.15, 0.2) is 29.2 Å². The van der Waals surface area contributed by atoms with Gasteiger partial charge in [0.05, 0.1) is 16.4 Å². The molecule has 1 aromatic carbocycles. The SMILES string of the molecule is CNC(=O)C1CCN(C(=O)c2cccc(S(=O)(=O)NC3CCS(=O)(=O)C3)c2)CC1. The molecule has 2 aliphatic rings. The molecule has 0 spiro atoms. The maximum Gasteiger partial charge on any atom is 0.253 e. The van der Waals surface area contributed by atoms with Crippen LogP contribution in [0.1, 0.15) is 29.6 Å². The van der Waals surface area contributed by atoms with Gasteiger partial charge in [0.2, 0.25) is 15.9 Å². The van der Waals surface area contributed by atoms with Crippen LogP contribution in [0.25, 0.3) is 0 Å². The Bertz CT molecular complexity index is 998. The van der Waals surface area contributed by atoms with Crippen molar-refractivity contribution in [3.63, 3.8) is 0 Å². The summed E-state index contributed by atoms with van der Waals surface area (Å²) in [4.78, 5) is 26.0. The molecule has 2 heterocycles. The van der Waals surface area contributed by atoms with E-state index >= 15 is 0 Å². The lowest BCUT2D eigenvalue weighted by Gasteiger charge is -2.31. The quantitative estimate of drug-likeness (QED) is 0.646. The van der Waals surface area contributed by atoms with Gasteiger partial charge in [0.1, 0.15) is 0 Å². The molecule has 29 heavy (non-hydrogen) atoms. The third-order valence-electron chi connectivity index (χ3n) is 5.34. The second kappa shape index (κ2) is 8.41. The summed E-state index contributed by atoms with van der Waals surface area (Å²) in [6.45, 7) is 0.845. The highest BCUT2D eigenvalue weighted by Gasteiger charge is 2.32. The van der Waals surface area contributed by atoms with Gasteiger partial charge < -0.3 is 10.2 Å². The minimum absolute atomic E-state index is 0.0369. The number of piperidine rings is 1. The van der Waals surface area contributed by atoms with Crippen LogP contribution >= 0.6 is 0 Å². The van der Waals surface area contributed by atoms with Crippen molar-refractivity contribution in [1.82, 2.24) is 14.9 Å². The highest BCUT2D eigenvalue weighted by molar-refractivity contribution is 7.92. The number of sulfonamides is 1. The molecule has 1 unspecified atom stereocenters. The van der Waals surface area contributed by atoms with E-state index in [0.29, 0.717) is 25.9 Å². The maximum atomic E-state index is 12.8. The Morgan fingerprint density at radius 3 is 2.41 bits per heavy atom. The van der Waals surface area contributed by atoms with Gasteiger partial charge in [-0.15, -0.1) is 0 Å². The Morgan fingerprint density at radius 2 is 1.83 bits per heavy atom. The average Bonchev–Trinajstić information content (AvgIpc) is 3.04. The smallest absolute Gasteiger partial charge is 0.253 e. The van der Waals surface area contributed by atoms with Gasteiger partial charge in [0, 0.05) is 37.7 Å². The number of hydrogen-bond donors (Lipinski definition) is 2. The lowest BCUT2D eigenvalue weighted by atomic mass is 9.95. The Hall–Kier alpha value is -1.98. The van der Waals surface area contributed by atoms with Gasteiger partial charge in [-0.05, 0) is 37.5 Å². The highest BCUT2D eigenvalue weighted by atomic mass is 32.2. The van der Waals surface area contributed by atoms with Crippen molar-refractivity contribution in [2.24, 2.45) is 5.92 Å². The van der Waals surface area contributed by atoms with Crippen LogP contribution in [-0.4, -0.2) is 71.2 Å². The number of sulfone groups is 1. The van der Waals surface area contributed by atoms with E-state index in [1.54, 1.807) is 18.0 Å². The lowest BCUT2D eigenvalue weighted by molar-refractivity contribution is -0.125. The molecule has 3 rings (SSSR count). The molecule has 2 N–H and O–H groups in total. The number of carbonyl (C=O) groups excluding carboxylic acids is 2. The summed E-state index contributed by atoms with van der Waals surface area (Å²) >= 11 is 0. The number of nitrogens with one attached hydrogen (secondary N) is 2. The molecule has 2 aliphatic heterocycles. The minimum atomic E-state index is -3.94. The fourth-order valence-electron chi connectivity index (χ4n) is 3.70. The summed E-state index contributed by atoms with van der Waals surface area (Å²) in [6.07, 6.45) is 1.35. The van der Waals surface area contributed by atoms with Crippen LogP contribution in [0.5, 0.6) is 0 Å². The third-order valence-corrected chi connectivity index (χ3v) is 8.63. The van der Waals surface area contributed by atoms with Crippen molar-refractivity contribution in [3.8, 4) is 0 Å². The Labute approximate surface area is 170 Å². The first-order valence-corrected chi connectivity index (χ1v) is 12.8. The third kappa shape index (κ3) is 5.14. The number of likely N-dealkylation sites (tertiary alicyclic amines) is 1.